The largest absolute Gasteiger partial charge is 0.492 e. The average molecular weight is 200 g/mol. The molecule has 0 saturated heterocycles. The molecule has 0 unspecified atom stereocenters. The maximum absolute atomic E-state index is 8.70. The molecule has 0 radical (unpaired) electrons. The topological polar surface area (TPSA) is 56.8 Å². The summed E-state index contributed by atoms with van der Waals surface area (Å²) in [4.78, 5) is 0. The van der Waals surface area contributed by atoms with Gasteiger partial charge in [0.2, 0.25) is 0 Å². The predicted octanol–water partition coefficient (Wildman–Crippen LogP) is 2.43. The number of nitrogens with zero attached hydrogens (tertiary/aromatic N) is 2. The average Bonchev–Trinajstić information content (AvgIpc) is 2.26. The van der Waals surface area contributed by atoms with Crippen LogP contribution in [0.25, 0.3) is 0 Å². The molecule has 0 aliphatic heterocycles. The number of ether oxygens (including phenoxy) is 1. The molecular formula is C12H12N2O. The van der Waals surface area contributed by atoms with Crippen LogP contribution in [0.2, 0.25) is 0 Å². The van der Waals surface area contributed by atoms with Gasteiger partial charge in [-0.1, -0.05) is 17.7 Å². The Balaban J connectivity index is 2.47. The molecule has 0 N–H and O–H groups in total. The minimum absolute atomic E-state index is 0.211. The van der Waals surface area contributed by atoms with E-state index in [0.717, 1.165) is 11.3 Å². The highest BCUT2D eigenvalue weighted by Gasteiger charge is 2.07. The molecule has 0 heterocycles. The highest BCUT2D eigenvalue weighted by atomic mass is 16.5. The molecule has 15 heavy (non-hydrogen) atoms. The van der Waals surface area contributed by atoms with Crippen molar-refractivity contribution in [2.45, 2.75) is 13.3 Å². The standard InChI is InChI=1S/C12H12N2O/c1-10-2-4-12(5-3-10)15-9-11(8-14)6-7-13/h2-5,11H,6,9H2,1H3/t11-/m1/s1. The summed E-state index contributed by atoms with van der Waals surface area (Å²) < 4.78 is 5.39. The highest BCUT2D eigenvalue weighted by molar-refractivity contribution is 5.26. The second-order valence-corrected chi connectivity index (χ2v) is 3.31. The Hall–Kier alpha value is -2.00. The molecule has 1 atom stereocenters. The summed E-state index contributed by atoms with van der Waals surface area (Å²) in [6, 6.07) is 11.6. The quantitative estimate of drug-likeness (QED) is 0.750. The van der Waals surface area contributed by atoms with E-state index < -0.39 is 0 Å². The highest BCUT2D eigenvalue weighted by Crippen LogP contribution is 2.13. The Bertz CT molecular complexity index is 384. The summed E-state index contributed by atoms with van der Waals surface area (Å²) in [7, 11) is 0. The molecule has 1 aromatic rings. The van der Waals surface area contributed by atoms with Gasteiger partial charge in [0.15, 0.2) is 0 Å². The first kappa shape index (κ1) is 11.1. The van der Waals surface area contributed by atoms with E-state index >= 15 is 0 Å². The Morgan fingerprint density at radius 1 is 1.27 bits per heavy atom. The van der Waals surface area contributed by atoms with Crippen molar-refractivity contribution in [3.63, 3.8) is 0 Å². The van der Waals surface area contributed by atoms with Gasteiger partial charge in [-0.25, -0.2) is 0 Å². The van der Waals surface area contributed by atoms with Crippen LogP contribution in [-0.4, -0.2) is 6.61 Å². The van der Waals surface area contributed by atoms with Gasteiger partial charge in [-0.2, -0.15) is 10.5 Å². The van der Waals surface area contributed by atoms with E-state index in [1.165, 1.54) is 0 Å². The van der Waals surface area contributed by atoms with Crippen LogP contribution < -0.4 is 4.74 Å². The van der Waals surface area contributed by atoms with Crippen molar-refractivity contribution in [2.75, 3.05) is 6.61 Å². The van der Waals surface area contributed by atoms with E-state index in [4.69, 9.17) is 15.3 Å². The van der Waals surface area contributed by atoms with Crippen molar-refractivity contribution in [2.24, 2.45) is 5.92 Å². The lowest BCUT2D eigenvalue weighted by atomic mass is 10.1. The molecule has 3 heteroatoms. The van der Waals surface area contributed by atoms with Crippen LogP contribution >= 0.6 is 0 Å². The molecule has 0 aromatic heterocycles. The van der Waals surface area contributed by atoms with Crippen LogP contribution in [-0.2, 0) is 0 Å². The fourth-order valence-corrected chi connectivity index (χ4v) is 1.08. The first-order valence-electron chi connectivity index (χ1n) is 4.72. The summed E-state index contributed by atoms with van der Waals surface area (Å²) in [5.41, 5.74) is 1.16. The lowest BCUT2D eigenvalue weighted by molar-refractivity contribution is 0.281. The molecule has 3 nitrogen and oxygen atoms in total. The molecule has 0 saturated carbocycles. The van der Waals surface area contributed by atoms with Crippen LogP contribution in [0.3, 0.4) is 0 Å². The Morgan fingerprint density at radius 2 is 1.93 bits per heavy atom. The number of aryl methyl sites for hydroxylation is 1. The van der Waals surface area contributed by atoms with Gasteiger partial charge in [-0.3, -0.25) is 0 Å². The Morgan fingerprint density at radius 3 is 2.47 bits per heavy atom. The van der Waals surface area contributed by atoms with Gasteiger partial charge in [-0.15, -0.1) is 0 Å². The second kappa shape index (κ2) is 5.67. The zero-order chi connectivity index (χ0) is 11.1. The SMILES string of the molecule is Cc1ccc(OC[C@@H](C#N)CC#N)cc1. The molecule has 0 amide bonds. The number of rotatable bonds is 4. The third-order valence-electron chi connectivity index (χ3n) is 1.99. The first-order valence-corrected chi connectivity index (χ1v) is 4.72. The van der Waals surface area contributed by atoms with E-state index in [0.29, 0.717) is 0 Å². The third-order valence-corrected chi connectivity index (χ3v) is 1.99. The van der Waals surface area contributed by atoms with Crippen LogP contribution in [0.1, 0.15) is 12.0 Å². The van der Waals surface area contributed by atoms with Gasteiger partial charge in [0.25, 0.3) is 0 Å². The van der Waals surface area contributed by atoms with E-state index in [-0.39, 0.29) is 18.9 Å². The van der Waals surface area contributed by atoms with E-state index in [9.17, 15) is 0 Å². The van der Waals surface area contributed by atoms with Crippen molar-refractivity contribution in [1.29, 1.82) is 10.5 Å². The van der Waals surface area contributed by atoms with Gasteiger partial charge in [0.05, 0.1) is 24.5 Å². The van der Waals surface area contributed by atoms with E-state index in [1.807, 2.05) is 43.3 Å². The number of nitriles is 2. The van der Waals surface area contributed by atoms with Gasteiger partial charge in [0.1, 0.15) is 12.4 Å². The maximum Gasteiger partial charge on any atom is 0.119 e. The number of hydrogen-bond acceptors (Lipinski definition) is 3. The van der Waals surface area contributed by atoms with Crippen molar-refractivity contribution in [1.82, 2.24) is 0 Å². The van der Waals surface area contributed by atoms with Gasteiger partial charge >= 0.3 is 0 Å². The Labute approximate surface area is 89.5 Å². The molecule has 0 spiro atoms. The zero-order valence-electron chi connectivity index (χ0n) is 8.60. The molecule has 1 aromatic carbocycles. The molecule has 0 aliphatic carbocycles. The van der Waals surface area contributed by atoms with Gasteiger partial charge in [0, 0.05) is 0 Å². The molecule has 1 rings (SSSR count). The normalized spacial score (nSPS) is 11.1. The number of benzene rings is 1. The number of hydrogen-bond donors (Lipinski definition) is 0. The summed E-state index contributed by atoms with van der Waals surface area (Å²) in [5.74, 6) is 0.384. The van der Waals surface area contributed by atoms with Crippen LogP contribution in [0, 0.1) is 35.5 Å². The molecule has 0 aliphatic rings. The smallest absolute Gasteiger partial charge is 0.119 e. The summed E-state index contributed by atoms with van der Waals surface area (Å²) in [5, 5.41) is 17.1. The second-order valence-electron chi connectivity index (χ2n) is 3.31. The lowest BCUT2D eigenvalue weighted by Crippen LogP contribution is -2.09. The van der Waals surface area contributed by atoms with Crippen molar-refractivity contribution in [3.05, 3.63) is 29.8 Å². The maximum atomic E-state index is 8.70. The Kier molecular flexibility index (Phi) is 4.19. The fourth-order valence-electron chi connectivity index (χ4n) is 1.08. The summed E-state index contributed by atoms with van der Waals surface area (Å²) in [6.45, 7) is 2.27. The zero-order valence-corrected chi connectivity index (χ0v) is 8.60. The van der Waals surface area contributed by atoms with Crippen LogP contribution in [0.15, 0.2) is 24.3 Å². The van der Waals surface area contributed by atoms with Crippen molar-refractivity contribution in [3.8, 4) is 17.9 Å². The fraction of sp³-hybridized carbons (Fsp3) is 0.333. The summed E-state index contributed by atoms with van der Waals surface area (Å²) in [6.07, 6.45) is 0.211. The minimum atomic E-state index is -0.351. The predicted molar refractivity (Wildman–Crippen MR) is 56.0 cm³/mol. The third kappa shape index (κ3) is 3.70. The van der Waals surface area contributed by atoms with Gasteiger partial charge in [-0.05, 0) is 19.1 Å². The van der Waals surface area contributed by atoms with E-state index in [2.05, 4.69) is 0 Å². The minimum Gasteiger partial charge on any atom is -0.492 e. The first-order chi connectivity index (χ1) is 7.26. The lowest BCUT2D eigenvalue weighted by Gasteiger charge is -2.08. The summed E-state index contributed by atoms with van der Waals surface area (Å²) >= 11 is 0. The van der Waals surface area contributed by atoms with Crippen molar-refractivity contribution < 1.29 is 4.74 Å². The molecular weight excluding hydrogens is 188 g/mol. The monoisotopic (exact) mass is 200 g/mol. The molecule has 0 fully saturated rings. The molecule has 0 bridgehead atoms. The van der Waals surface area contributed by atoms with Crippen LogP contribution in [0.5, 0.6) is 5.75 Å². The molecule has 76 valence electrons. The van der Waals surface area contributed by atoms with E-state index in [1.54, 1.807) is 0 Å². The van der Waals surface area contributed by atoms with Crippen molar-refractivity contribution >= 4 is 0 Å². The van der Waals surface area contributed by atoms with Gasteiger partial charge < -0.3 is 4.74 Å². The van der Waals surface area contributed by atoms with Crippen LogP contribution in [0.4, 0.5) is 0 Å².